The van der Waals surface area contributed by atoms with Crippen molar-refractivity contribution >= 4 is 16.8 Å². The van der Waals surface area contributed by atoms with E-state index in [-0.39, 0.29) is 24.9 Å². The topological polar surface area (TPSA) is 106 Å². The number of para-hydroxylation sites is 1. The van der Waals surface area contributed by atoms with Crippen LogP contribution in [0.1, 0.15) is 24.9 Å². The Kier molecular flexibility index (Phi) is 5.48. The van der Waals surface area contributed by atoms with Gasteiger partial charge in [0.25, 0.3) is 5.56 Å². The highest BCUT2D eigenvalue weighted by atomic mass is 16.2. The van der Waals surface area contributed by atoms with Crippen molar-refractivity contribution in [3.05, 3.63) is 87.6 Å². The molecule has 1 unspecified atom stereocenters. The number of aromatic nitrogens is 5. The molecule has 9 nitrogen and oxygen atoms in total. The first-order valence-electron chi connectivity index (χ1n) is 9.88. The Hall–Kier alpha value is -4.01. The first-order valence-corrected chi connectivity index (χ1v) is 9.88. The minimum absolute atomic E-state index is 0.102. The van der Waals surface area contributed by atoms with Crippen LogP contribution in [-0.2, 0) is 11.3 Å². The second-order valence-electron chi connectivity index (χ2n) is 7.29. The van der Waals surface area contributed by atoms with E-state index >= 15 is 0 Å². The van der Waals surface area contributed by atoms with Crippen LogP contribution in [0.5, 0.6) is 0 Å². The minimum atomic E-state index is -0.518. The van der Waals surface area contributed by atoms with Crippen LogP contribution in [0.2, 0.25) is 0 Å². The molecule has 4 rings (SSSR count). The van der Waals surface area contributed by atoms with Crippen LogP contribution in [0.25, 0.3) is 16.6 Å². The lowest BCUT2D eigenvalue weighted by Gasteiger charge is -2.26. The third kappa shape index (κ3) is 4.02. The molecule has 9 heteroatoms. The Bertz CT molecular complexity index is 1320. The van der Waals surface area contributed by atoms with Gasteiger partial charge in [-0.3, -0.25) is 19.1 Å². The number of aromatic amines is 1. The zero-order valence-corrected chi connectivity index (χ0v) is 17.2. The molecular formula is C22H22N6O3. The molecule has 1 N–H and O–H groups in total. The second-order valence-corrected chi connectivity index (χ2v) is 7.29. The minimum Gasteiger partial charge on any atom is -0.339 e. The van der Waals surface area contributed by atoms with Gasteiger partial charge in [-0.05, 0) is 36.8 Å². The lowest BCUT2D eigenvalue weighted by atomic mass is 10.1. The summed E-state index contributed by atoms with van der Waals surface area (Å²) in [5.41, 5.74) is 1.43. The molecule has 2 aromatic heterocycles. The highest BCUT2D eigenvalue weighted by Gasteiger charge is 2.18. The Labute approximate surface area is 177 Å². The van der Waals surface area contributed by atoms with Crippen LogP contribution >= 0.6 is 0 Å². The van der Waals surface area contributed by atoms with Crippen LogP contribution in [0.3, 0.4) is 0 Å². The summed E-state index contributed by atoms with van der Waals surface area (Å²) >= 11 is 0. The van der Waals surface area contributed by atoms with Crippen LogP contribution in [-0.4, -0.2) is 42.2 Å². The molecule has 158 valence electrons. The van der Waals surface area contributed by atoms with Gasteiger partial charge in [-0.1, -0.05) is 24.3 Å². The highest BCUT2D eigenvalue weighted by Crippen LogP contribution is 2.21. The molecule has 0 fully saturated rings. The van der Waals surface area contributed by atoms with Crippen molar-refractivity contribution in [2.45, 2.75) is 25.9 Å². The molecular weight excluding hydrogens is 396 g/mol. The fraction of sp³-hybridized carbons (Fsp3) is 0.227. The van der Waals surface area contributed by atoms with Crippen LogP contribution in [0.4, 0.5) is 0 Å². The van der Waals surface area contributed by atoms with Crippen LogP contribution in [0, 0.1) is 0 Å². The Morgan fingerprint density at radius 2 is 1.87 bits per heavy atom. The summed E-state index contributed by atoms with van der Waals surface area (Å²) in [5, 5.41) is 4.52. The summed E-state index contributed by atoms with van der Waals surface area (Å²) in [7, 11) is 1.74. The van der Waals surface area contributed by atoms with E-state index in [9.17, 15) is 14.4 Å². The highest BCUT2D eigenvalue weighted by molar-refractivity contribution is 5.79. The van der Waals surface area contributed by atoms with E-state index in [1.54, 1.807) is 47.2 Å². The van der Waals surface area contributed by atoms with Gasteiger partial charge < -0.3 is 4.90 Å². The van der Waals surface area contributed by atoms with Crippen LogP contribution in [0.15, 0.2) is 70.8 Å². The van der Waals surface area contributed by atoms with Crippen LogP contribution < -0.4 is 11.2 Å². The normalized spacial score (nSPS) is 12.1. The Morgan fingerprint density at radius 1 is 1.13 bits per heavy atom. The van der Waals surface area contributed by atoms with Crippen molar-refractivity contribution in [1.82, 2.24) is 29.2 Å². The van der Waals surface area contributed by atoms with Gasteiger partial charge in [0.05, 0.1) is 22.6 Å². The zero-order chi connectivity index (χ0) is 22.0. The maximum Gasteiger partial charge on any atom is 0.328 e. The van der Waals surface area contributed by atoms with Gasteiger partial charge in [-0.15, -0.1) is 0 Å². The summed E-state index contributed by atoms with van der Waals surface area (Å²) in [6.45, 7) is 2.13. The van der Waals surface area contributed by atoms with E-state index < -0.39 is 11.2 Å². The number of carbonyl (C=O) groups excluding carboxylic acids is 1. The SMILES string of the molecule is CC(c1ccc(-n2cncn2)cc1)N(C)C(=O)CCn1c(=O)[nH]c(=O)c2ccccc21. The quantitative estimate of drug-likeness (QED) is 0.515. The van der Waals surface area contributed by atoms with Crippen molar-refractivity contribution in [3.8, 4) is 5.69 Å². The van der Waals surface area contributed by atoms with E-state index in [0.29, 0.717) is 10.9 Å². The summed E-state index contributed by atoms with van der Waals surface area (Å²) in [6, 6.07) is 14.5. The fourth-order valence-electron chi connectivity index (χ4n) is 3.53. The number of amides is 1. The third-order valence-corrected chi connectivity index (χ3v) is 5.49. The number of hydrogen-bond donors (Lipinski definition) is 1. The van der Waals surface area contributed by atoms with Gasteiger partial charge in [0.15, 0.2) is 0 Å². The first kappa shape index (κ1) is 20.3. The number of fused-ring (bicyclic) bond motifs is 1. The van der Waals surface area contributed by atoms with E-state index in [2.05, 4.69) is 15.1 Å². The smallest absolute Gasteiger partial charge is 0.328 e. The summed E-state index contributed by atoms with van der Waals surface area (Å²) in [4.78, 5) is 45.0. The summed E-state index contributed by atoms with van der Waals surface area (Å²) < 4.78 is 3.09. The number of nitrogens with zero attached hydrogens (tertiary/aromatic N) is 5. The molecule has 0 saturated heterocycles. The molecule has 0 radical (unpaired) electrons. The van der Waals surface area contributed by atoms with Crippen molar-refractivity contribution in [2.24, 2.45) is 0 Å². The zero-order valence-electron chi connectivity index (χ0n) is 17.2. The number of hydrogen-bond acceptors (Lipinski definition) is 5. The second kappa shape index (κ2) is 8.39. The number of carbonyl (C=O) groups is 1. The van der Waals surface area contributed by atoms with E-state index in [1.165, 1.54) is 10.9 Å². The summed E-state index contributed by atoms with van der Waals surface area (Å²) in [5.74, 6) is -0.102. The molecule has 4 aromatic rings. The number of aryl methyl sites for hydroxylation is 1. The fourth-order valence-corrected chi connectivity index (χ4v) is 3.53. The average Bonchev–Trinajstić information content (AvgIpc) is 3.33. The molecule has 2 aromatic carbocycles. The van der Waals surface area contributed by atoms with Crippen molar-refractivity contribution in [1.29, 1.82) is 0 Å². The number of nitrogens with one attached hydrogen (secondary N) is 1. The average molecular weight is 418 g/mol. The van der Waals surface area contributed by atoms with E-state index in [1.807, 2.05) is 31.2 Å². The molecule has 2 heterocycles. The van der Waals surface area contributed by atoms with E-state index in [0.717, 1.165) is 11.3 Å². The summed E-state index contributed by atoms with van der Waals surface area (Å²) in [6.07, 6.45) is 3.23. The predicted molar refractivity (Wildman–Crippen MR) is 116 cm³/mol. The predicted octanol–water partition coefficient (Wildman–Crippen LogP) is 1.88. The van der Waals surface area contributed by atoms with Crippen molar-refractivity contribution in [3.63, 3.8) is 0 Å². The molecule has 1 amide bonds. The first-order chi connectivity index (χ1) is 15.0. The standard InChI is InChI=1S/C22H22N6O3/c1-15(16-7-9-17(10-8-16)28-14-23-13-24-28)26(2)20(29)11-12-27-19-6-4-3-5-18(19)21(30)25-22(27)31/h3-10,13-15H,11-12H2,1-2H3,(H,25,30,31). The molecule has 31 heavy (non-hydrogen) atoms. The maximum absolute atomic E-state index is 12.8. The number of H-pyrrole nitrogens is 1. The van der Waals surface area contributed by atoms with Gasteiger partial charge in [0, 0.05) is 20.0 Å². The number of rotatable bonds is 6. The monoisotopic (exact) mass is 418 g/mol. The molecule has 1 atom stereocenters. The molecule has 0 bridgehead atoms. The molecule has 0 aliphatic heterocycles. The molecule has 0 aliphatic rings. The van der Waals surface area contributed by atoms with Gasteiger partial charge >= 0.3 is 5.69 Å². The largest absolute Gasteiger partial charge is 0.339 e. The van der Waals surface area contributed by atoms with Gasteiger partial charge in [0.1, 0.15) is 12.7 Å². The Morgan fingerprint density at radius 3 is 2.58 bits per heavy atom. The molecule has 0 aliphatic carbocycles. The molecule has 0 saturated carbocycles. The lowest BCUT2D eigenvalue weighted by Crippen LogP contribution is -2.34. The molecule has 0 spiro atoms. The Balaban J connectivity index is 1.47. The third-order valence-electron chi connectivity index (χ3n) is 5.49. The lowest BCUT2D eigenvalue weighted by molar-refractivity contribution is -0.132. The van der Waals surface area contributed by atoms with Gasteiger partial charge in [0.2, 0.25) is 5.91 Å². The van der Waals surface area contributed by atoms with E-state index in [4.69, 9.17) is 0 Å². The van der Waals surface area contributed by atoms with Crippen molar-refractivity contribution < 1.29 is 4.79 Å². The number of benzene rings is 2. The maximum atomic E-state index is 12.8. The van der Waals surface area contributed by atoms with Gasteiger partial charge in [-0.25, -0.2) is 14.5 Å². The van der Waals surface area contributed by atoms with Gasteiger partial charge in [-0.2, -0.15) is 5.10 Å². The van der Waals surface area contributed by atoms with Crippen molar-refractivity contribution in [2.75, 3.05) is 7.05 Å².